The minimum Gasteiger partial charge on any atom is -0.481 e. The summed E-state index contributed by atoms with van der Waals surface area (Å²) in [4.78, 5) is 64.1. The number of carbonyl (C=O) groups is 5. The first kappa shape index (κ1) is 29.8. The van der Waals surface area contributed by atoms with E-state index in [0.717, 1.165) is 0 Å². The van der Waals surface area contributed by atoms with Crippen LogP contribution in [0.3, 0.4) is 0 Å². The molecule has 0 aliphatic carbocycles. The molecule has 3 amide bonds. The van der Waals surface area contributed by atoms with Gasteiger partial charge in [-0.2, -0.15) is 0 Å². The fourth-order valence-electron chi connectivity index (χ4n) is 3.04. The van der Waals surface area contributed by atoms with E-state index in [2.05, 4.69) is 20.9 Å². The summed E-state index contributed by atoms with van der Waals surface area (Å²) < 4.78 is 0. The summed E-state index contributed by atoms with van der Waals surface area (Å²) in [6, 6.07) is 3.44. The van der Waals surface area contributed by atoms with Crippen molar-refractivity contribution in [3.63, 3.8) is 0 Å². The first-order valence-corrected chi connectivity index (χ1v) is 11.1. The van der Waals surface area contributed by atoms with E-state index in [1.807, 2.05) is 0 Å². The van der Waals surface area contributed by atoms with E-state index in [9.17, 15) is 29.1 Å². The number of benzene rings is 1. The van der Waals surface area contributed by atoms with Crippen molar-refractivity contribution in [2.24, 2.45) is 22.2 Å². The number of hydrogen-bond acceptors (Lipinski definition) is 7. The molecule has 0 heterocycles. The molecule has 11 N–H and O–H groups in total. The number of carboxylic acids is 2. The lowest BCUT2D eigenvalue weighted by Crippen LogP contribution is -2.57. The number of nitrogens with one attached hydrogen (secondary N) is 3. The molecule has 0 aliphatic rings. The second-order valence-electron chi connectivity index (χ2n) is 8.03. The maximum atomic E-state index is 12.7. The van der Waals surface area contributed by atoms with Gasteiger partial charge in [0.1, 0.15) is 18.1 Å². The van der Waals surface area contributed by atoms with Gasteiger partial charge in [0, 0.05) is 13.0 Å². The third-order valence-electron chi connectivity index (χ3n) is 4.97. The minimum atomic E-state index is -1.58. The maximum absolute atomic E-state index is 12.7. The van der Waals surface area contributed by atoms with E-state index < -0.39 is 60.2 Å². The number of nitrogens with zero attached hydrogens (tertiary/aromatic N) is 1. The van der Waals surface area contributed by atoms with Crippen LogP contribution in [-0.4, -0.2) is 76.5 Å². The van der Waals surface area contributed by atoms with Gasteiger partial charge < -0.3 is 43.4 Å². The first-order chi connectivity index (χ1) is 16.9. The number of rotatable bonds is 15. The topological polar surface area (TPSA) is 252 Å². The molecular formula is C22H33N7O7. The second-order valence-corrected chi connectivity index (χ2v) is 8.03. The Morgan fingerprint density at radius 2 is 1.53 bits per heavy atom. The van der Waals surface area contributed by atoms with Gasteiger partial charge in [0.25, 0.3) is 0 Å². The summed E-state index contributed by atoms with van der Waals surface area (Å²) >= 11 is 0. The molecule has 0 aliphatic heterocycles. The third-order valence-corrected chi connectivity index (χ3v) is 4.97. The van der Waals surface area contributed by atoms with Gasteiger partial charge >= 0.3 is 11.9 Å². The van der Waals surface area contributed by atoms with Gasteiger partial charge in [0.2, 0.25) is 17.7 Å². The number of carbonyl (C=O) groups excluding carboxylic acids is 3. The normalized spacial score (nSPS) is 13.8. The lowest BCUT2D eigenvalue weighted by Gasteiger charge is -2.23. The predicted molar refractivity (Wildman–Crippen MR) is 129 cm³/mol. The Morgan fingerprint density at radius 3 is 2.08 bits per heavy atom. The van der Waals surface area contributed by atoms with Gasteiger partial charge in [0.15, 0.2) is 5.96 Å². The number of aliphatic carboxylic acids is 2. The highest BCUT2D eigenvalue weighted by atomic mass is 16.4. The molecule has 1 aromatic carbocycles. The first-order valence-electron chi connectivity index (χ1n) is 11.1. The van der Waals surface area contributed by atoms with Gasteiger partial charge in [-0.1, -0.05) is 30.3 Å². The number of nitrogens with two attached hydrogens (primary N) is 3. The van der Waals surface area contributed by atoms with Crippen molar-refractivity contribution in [2.45, 2.75) is 56.8 Å². The van der Waals surface area contributed by atoms with Crippen molar-refractivity contribution in [1.29, 1.82) is 0 Å². The van der Waals surface area contributed by atoms with Crippen molar-refractivity contribution < 1.29 is 34.2 Å². The molecule has 0 saturated carbocycles. The zero-order valence-corrected chi connectivity index (χ0v) is 19.8. The van der Waals surface area contributed by atoms with Crippen LogP contribution in [0.2, 0.25) is 0 Å². The van der Waals surface area contributed by atoms with Gasteiger partial charge in [0.05, 0.1) is 12.5 Å². The van der Waals surface area contributed by atoms with Crippen molar-refractivity contribution >= 4 is 35.6 Å². The maximum Gasteiger partial charge on any atom is 0.326 e. The van der Waals surface area contributed by atoms with E-state index in [-0.39, 0.29) is 25.3 Å². The molecule has 0 spiro atoms. The zero-order chi connectivity index (χ0) is 27.3. The lowest BCUT2D eigenvalue weighted by atomic mass is 10.0. The molecule has 0 fully saturated rings. The van der Waals surface area contributed by atoms with Gasteiger partial charge in [-0.15, -0.1) is 0 Å². The Bertz CT molecular complexity index is 951. The Morgan fingerprint density at radius 1 is 0.917 bits per heavy atom. The van der Waals surface area contributed by atoms with E-state index in [1.54, 1.807) is 30.3 Å². The molecule has 0 radical (unpaired) electrons. The fraction of sp³-hybridized carbons (Fsp3) is 0.455. The monoisotopic (exact) mass is 507 g/mol. The molecular weight excluding hydrogens is 474 g/mol. The number of amides is 3. The number of aliphatic imine (C=N–C) groups is 1. The summed E-state index contributed by atoms with van der Waals surface area (Å²) in [7, 11) is 0. The molecule has 0 aromatic heterocycles. The summed E-state index contributed by atoms with van der Waals surface area (Å²) in [5.41, 5.74) is 16.9. The van der Waals surface area contributed by atoms with E-state index in [1.165, 1.54) is 6.92 Å². The Labute approximate surface area is 207 Å². The Kier molecular flexibility index (Phi) is 12.4. The van der Waals surface area contributed by atoms with Crippen LogP contribution in [-0.2, 0) is 30.4 Å². The molecule has 1 rings (SSSR count). The van der Waals surface area contributed by atoms with Gasteiger partial charge in [-0.05, 0) is 25.3 Å². The van der Waals surface area contributed by atoms with Crippen LogP contribution in [0.5, 0.6) is 0 Å². The molecule has 4 unspecified atom stereocenters. The smallest absolute Gasteiger partial charge is 0.326 e. The lowest BCUT2D eigenvalue weighted by molar-refractivity contribution is -0.143. The van der Waals surface area contributed by atoms with Gasteiger partial charge in [-0.25, -0.2) is 4.79 Å². The van der Waals surface area contributed by atoms with Crippen LogP contribution in [0.25, 0.3) is 0 Å². The van der Waals surface area contributed by atoms with E-state index in [0.29, 0.717) is 12.0 Å². The quantitative estimate of drug-likeness (QED) is 0.0712. The minimum absolute atomic E-state index is 0.0524. The van der Waals surface area contributed by atoms with Crippen LogP contribution in [0.1, 0.15) is 31.7 Å². The van der Waals surface area contributed by atoms with Crippen molar-refractivity contribution in [3.05, 3.63) is 35.9 Å². The van der Waals surface area contributed by atoms with Crippen LogP contribution in [0.15, 0.2) is 35.3 Å². The predicted octanol–water partition coefficient (Wildman–Crippen LogP) is -2.36. The van der Waals surface area contributed by atoms with Crippen LogP contribution in [0, 0.1) is 0 Å². The summed E-state index contributed by atoms with van der Waals surface area (Å²) in [6.45, 7) is 1.59. The standard InChI is InChI=1S/C22H33N7O7/c1-12(27-19(33)14(23)8-5-9-26-22(24)25)18(32)28-15(11-17(30)31)20(34)29-16(21(35)36)10-13-6-3-2-4-7-13/h2-4,6-7,12,14-16H,5,8-11,23H2,1H3,(H,27,33)(H,28,32)(H,29,34)(H,30,31)(H,35,36)(H4,24,25,26). The van der Waals surface area contributed by atoms with Gasteiger partial charge in [-0.3, -0.25) is 24.2 Å². The fourth-order valence-corrected chi connectivity index (χ4v) is 3.04. The molecule has 0 bridgehead atoms. The van der Waals surface area contributed by atoms with E-state index >= 15 is 0 Å². The highest BCUT2D eigenvalue weighted by molar-refractivity contribution is 5.95. The summed E-state index contributed by atoms with van der Waals surface area (Å²) in [5.74, 6) is -5.31. The molecule has 198 valence electrons. The zero-order valence-electron chi connectivity index (χ0n) is 19.8. The number of carboxylic acid groups (broad SMARTS) is 2. The average Bonchev–Trinajstić information content (AvgIpc) is 2.80. The SMILES string of the molecule is CC(NC(=O)C(N)CCCN=C(N)N)C(=O)NC(CC(=O)O)C(=O)NC(Cc1ccccc1)C(=O)O. The van der Waals surface area contributed by atoms with Crippen LogP contribution < -0.4 is 33.2 Å². The van der Waals surface area contributed by atoms with Crippen molar-refractivity contribution in [2.75, 3.05) is 6.54 Å². The average molecular weight is 508 g/mol. The highest BCUT2D eigenvalue weighted by Gasteiger charge is 2.30. The molecule has 1 aromatic rings. The summed E-state index contributed by atoms with van der Waals surface area (Å²) in [5, 5.41) is 25.5. The molecule has 14 nitrogen and oxygen atoms in total. The van der Waals surface area contributed by atoms with Crippen LogP contribution >= 0.6 is 0 Å². The third kappa shape index (κ3) is 11.3. The highest BCUT2D eigenvalue weighted by Crippen LogP contribution is 2.05. The van der Waals surface area contributed by atoms with Crippen molar-refractivity contribution in [1.82, 2.24) is 16.0 Å². The molecule has 4 atom stereocenters. The van der Waals surface area contributed by atoms with Crippen LogP contribution in [0.4, 0.5) is 0 Å². The Balaban J connectivity index is 2.75. The number of guanidine groups is 1. The molecule has 0 saturated heterocycles. The van der Waals surface area contributed by atoms with Crippen molar-refractivity contribution in [3.8, 4) is 0 Å². The number of hydrogen-bond donors (Lipinski definition) is 8. The largest absolute Gasteiger partial charge is 0.481 e. The summed E-state index contributed by atoms with van der Waals surface area (Å²) in [6.07, 6.45) is -0.204. The molecule has 36 heavy (non-hydrogen) atoms. The Hall–Kier alpha value is -4.20. The molecule has 14 heteroatoms. The second kappa shape index (κ2) is 14.9. The van der Waals surface area contributed by atoms with E-state index in [4.69, 9.17) is 22.3 Å².